The minimum Gasteiger partial charge on any atom is -0.305 e. The van der Waals surface area contributed by atoms with Gasteiger partial charge in [0, 0.05) is 0 Å². The first kappa shape index (κ1) is 10.9. The number of nitrogens with zero attached hydrogens (tertiary/aromatic N) is 1. The summed E-state index contributed by atoms with van der Waals surface area (Å²) in [6.45, 7) is 2.24. The lowest BCUT2D eigenvalue weighted by molar-refractivity contribution is 0.240. The van der Waals surface area contributed by atoms with E-state index < -0.39 is 0 Å². The van der Waals surface area contributed by atoms with Crippen LogP contribution in [-0.2, 0) is 0 Å². The Morgan fingerprint density at radius 2 is 1.91 bits per heavy atom. The molecule has 0 bridgehead atoms. The summed E-state index contributed by atoms with van der Waals surface area (Å²) < 4.78 is 0. The van der Waals surface area contributed by atoms with Gasteiger partial charge < -0.3 is 5.32 Å². The SMILES string of the molecule is CCCCCC(NC)N(C)C. The van der Waals surface area contributed by atoms with Crippen molar-refractivity contribution < 1.29 is 0 Å². The summed E-state index contributed by atoms with van der Waals surface area (Å²) in [5, 5.41) is 3.29. The van der Waals surface area contributed by atoms with Gasteiger partial charge in [-0.3, -0.25) is 4.90 Å². The van der Waals surface area contributed by atoms with Crippen molar-refractivity contribution in [3.63, 3.8) is 0 Å². The molecule has 2 heteroatoms. The van der Waals surface area contributed by atoms with Gasteiger partial charge in [0.15, 0.2) is 0 Å². The molecule has 11 heavy (non-hydrogen) atoms. The lowest BCUT2D eigenvalue weighted by atomic mass is 10.1. The van der Waals surface area contributed by atoms with Gasteiger partial charge in [-0.2, -0.15) is 0 Å². The quantitative estimate of drug-likeness (QED) is 0.467. The number of unbranched alkanes of at least 4 members (excludes halogenated alkanes) is 2. The average molecular weight is 158 g/mol. The molecule has 0 amide bonds. The highest BCUT2D eigenvalue weighted by Crippen LogP contribution is 2.04. The number of hydrogen-bond acceptors (Lipinski definition) is 2. The Hall–Kier alpha value is -0.0800. The largest absolute Gasteiger partial charge is 0.305 e. The average Bonchev–Trinajstić information content (AvgIpc) is 1.97. The first-order valence-corrected chi connectivity index (χ1v) is 4.56. The lowest BCUT2D eigenvalue weighted by Gasteiger charge is -2.23. The predicted octanol–water partition coefficient (Wildman–Crippen LogP) is 1.67. The van der Waals surface area contributed by atoms with E-state index in [1.54, 1.807) is 0 Å². The van der Waals surface area contributed by atoms with Crippen molar-refractivity contribution in [1.82, 2.24) is 10.2 Å². The molecule has 0 spiro atoms. The Balaban J connectivity index is 3.36. The molecule has 0 aromatic heterocycles. The molecular formula is C9H22N2. The molecule has 0 aliphatic rings. The van der Waals surface area contributed by atoms with Crippen LogP contribution in [0.3, 0.4) is 0 Å². The molecule has 0 rings (SSSR count). The third-order valence-electron chi connectivity index (χ3n) is 2.04. The third-order valence-corrected chi connectivity index (χ3v) is 2.04. The fourth-order valence-corrected chi connectivity index (χ4v) is 1.25. The van der Waals surface area contributed by atoms with E-state index in [0.29, 0.717) is 6.17 Å². The van der Waals surface area contributed by atoms with Crippen LogP contribution in [0.5, 0.6) is 0 Å². The highest BCUT2D eigenvalue weighted by molar-refractivity contribution is 4.60. The smallest absolute Gasteiger partial charge is 0.0589 e. The predicted molar refractivity (Wildman–Crippen MR) is 50.7 cm³/mol. The molecule has 0 heterocycles. The first-order valence-electron chi connectivity index (χ1n) is 4.56. The van der Waals surface area contributed by atoms with Crippen molar-refractivity contribution in [3.8, 4) is 0 Å². The van der Waals surface area contributed by atoms with Crippen LogP contribution >= 0.6 is 0 Å². The summed E-state index contributed by atoms with van der Waals surface area (Å²) >= 11 is 0. The molecule has 0 aliphatic carbocycles. The van der Waals surface area contributed by atoms with Crippen molar-refractivity contribution >= 4 is 0 Å². The summed E-state index contributed by atoms with van der Waals surface area (Å²) in [7, 11) is 6.26. The van der Waals surface area contributed by atoms with Gasteiger partial charge in [0.25, 0.3) is 0 Å². The molecule has 0 fully saturated rings. The Morgan fingerprint density at radius 3 is 2.27 bits per heavy atom. The van der Waals surface area contributed by atoms with E-state index in [9.17, 15) is 0 Å². The molecule has 0 saturated heterocycles. The van der Waals surface area contributed by atoms with Gasteiger partial charge in [0.05, 0.1) is 6.17 Å². The molecule has 1 unspecified atom stereocenters. The van der Waals surface area contributed by atoms with Gasteiger partial charge in [-0.25, -0.2) is 0 Å². The molecular weight excluding hydrogens is 136 g/mol. The Labute approximate surface area is 71.0 Å². The lowest BCUT2D eigenvalue weighted by Crippen LogP contribution is -2.38. The number of rotatable bonds is 6. The molecule has 1 atom stereocenters. The van der Waals surface area contributed by atoms with E-state index in [-0.39, 0.29) is 0 Å². The fourth-order valence-electron chi connectivity index (χ4n) is 1.25. The van der Waals surface area contributed by atoms with E-state index >= 15 is 0 Å². The second-order valence-electron chi connectivity index (χ2n) is 3.26. The summed E-state index contributed by atoms with van der Waals surface area (Å²) in [5.74, 6) is 0. The van der Waals surface area contributed by atoms with Gasteiger partial charge >= 0.3 is 0 Å². The fraction of sp³-hybridized carbons (Fsp3) is 1.00. The Bertz CT molecular complexity index is 81.6. The van der Waals surface area contributed by atoms with Crippen LogP contribution in [0.1, 0.15) is 32.6 Å². The van der Waals surface area contributed by atoms with Crippen molar-refractivity contribution in [3.05, 3.63) is 0 Å². The molecule has 1 N–H and O–H groups in total. The summed E-state index contributed by atoms with van der Waals surface area (Å²) in [5.41, 5.74) is 0. The first-order chi connectivity index (χ1) is 5.22. The van der Waals surface area contributed by atoms with Crippen LogP contribution in [-0.4, -0.2) is 32.2 Å². The Kier molecular flexibility index (Phi) is 6.57. The zero-order chi connectivity index (χ0) is 8.69. The van der Waals surface area contributed by atoms with Crippen molar-refractivity contribution in [2.45, 2.75) is 38.8 Å². The highest BCUT2D eigenvalue weighted by Gasteiger charge is 2.05. The zero-order valence-corrected chi connectivity index (χ0v) is 8.35. The minimum atomic E-state index is 0.557. The molecule has 0 aromatic rings. The molecule has 0 saturated carbocycles. The van der Waals surface area contributed by atoms with Gasteiger partial charge in [0.1, 0.15) is 0 Å². The number of nitrogens with one attached hydrogen (secondary N) is 1. The second-order valence-corrected chi connectivity index (χ2v) is 3.26. The van der Waals surface area contributed by atoms with Gasteiger partial charge in [-0.1, -0.05) is 26.2 Å². The van der Waals surface area contributed by atoms with Crippen molar-refractivity contribution in [1.29, 1.82) is 0 Å². The van der Waals surface area contributed by atoms with E-state index in [1.807, 2.05) is 7.05 Å². The monoisotopic (exact) mass is 158 g/mol. The van der Waals surface area contributed by atoms with Gasteiger partial charge in [-0.05, 0) is 27.6 Å². The van der Waals surface area contributed by atoms with Crippen LogP contribution < -0.4 is 5.32 Å². The highest BCUT2D eigenvalue weighted by atomic mass is 15.2. The van der Waals surface area contributed by atoms with Crippen LogP contribution in [0.15, 0.2) is 0 Å². The summed E-state index contributed by atoms with van der Waals surface area (Å²) in [6.07, 6.45) is 5.81. The minimum absolute atomic E-state index is 0.557. The van der Waals surface area contributed by atoms with Gasteiger partial charge in [0.2, 0.25) is 0 Å². The van der Waals surface area contributed by atoms with E-state index in [1.165, 1.54) is 25.7 Å². The summed E-state index contributed by atoms with van der Waals surface area (Å²) in [4.78, 5) is 2.23. The van der Waals surface area contributed by atoms with Crippen LogP contribution in [0.2, 0.25) is 0 Å². The third kappa shape index (κ3) is 5.22. The van der Waals surface area contributed by atoms with E-state index in [2.05, 4.69) is 31.2 Å². The van der Waals surface area contributed by atoms with E-state index in [4.69, 9.17) is 0 Å². The molecule has 2 nitrogen and oxygen atoms in total. The van der Waals surface area contributed by atoms with E-state index in [0.717, 1.165) is 0 Å². The molecule has 0 aliphatic heterocycles. The standard InChI is InChI=1S/C9H22N2/c1-5-6-7-8-9(10-2)11(3)4/h9-10H,5-8H2,1-4H3. The summed E-state index contributed by atoms with van der Waals surface area (Å²) in [6, 6.07) is 0. The molecule has 0 aromatic carbocycles. The Morgan fingerprint density at radius 1 is 1.27 bits per heavy atom. The maximum absolute atomic E-state index is 3.29. The molecule has 0 radical (unpaired) electrons. The topological polar surface area (TPSA) is 15.3 Å². The van der Waals surface area contributed by atoms with Gasteiger partial charge in [-0.15, -0.1) is 0 Å². The van der Waals surface area contributed by atoms with Crippen LogP contribution in [0.4, 0.5) is 0 Å². The van der Waals surface area contributed by atoms with Crippen LogP contribution in [0.25, 0.3) is 0 Å². The van der Waals surface area contributed by atoms with Crippen molar-refractivity contribution in [2.75, 3.05) is 21.1 Å². The maximum atomic E-state index is 3.29. The molecule has 68 valence electrons. The normalized spacial score (nSPS) is 13.9. The van der Waals surface area contributed by atoms with Crippen LogP contribution in [0, 0.1) is 0 Å². The number of hydrogen-bond donors (Lipinski definition) is 1. The second kappa shape index (κ2) is 6.62. The maximum Gasteiger partial charge on any atom is 0.0589 e. The van der Waals surface area contributed by atoms with Crippen molar-refractivity contribution in [2.24, 2.45) is 0 Å². The zero-order valence-electron chi connectivity index (χ0n) is 8.35.